The first kappa shape index (κ1) is 19.7. The fraction of sp³-hybridized carbons (Fsp3) is 0.364. The van der Waals surface area contributed by atoms with E-state index in [1.807, 2.05) is 25.1 Å². The van der Waals surface area contributed by atoms with Gasteiger partial charge in [-0.05, 0) is 50.1 Å². The Morgan fingerprint density at radius 2 is 2.07 bits per heavy atom. The van der Waals surface area contributed by atoms with Crippen molar-refractivity contribution in [2.24, 2.45) is 4.99 Å². The van der Waals surface area contributed by atoms with Crippen LogP contribution in [0.3, 0.4) is 0 Å². The lowest BCUT2D eigenvalue weighted by atomic mass is 10.1. The Kier molecular flexibility index (Phi) is 5.69. The summed E-state index contributed by atoms with van der Waals surface area (Å²) in [6, 6.07) is 11.6. The average molecular weight is 413 g/mol. The number of hydrogen-bond acceptors (Lipinski definition) is 5. The van der Waals surface area contributed by atoms with Crippen LogP contribution in [-0.4, -0.2) is 36.4 Å². The van der Waals surface area contributed by atoms with Gasteiger partial charge in [-0.25, -0.2) is 0 Å². The summed E-state index contributed by atoms with van der Waals surface area (Å²) in [5, 5.41) is 0. The molecule has 1 atom stereocenters. The number of fused-ring (bicyclic) bond motifs is 2. The van der Waals surface area contributed by atoms with Crippen LogP contribution in [0.5, 0.6) is 11.5 Å². The first-order valence-corrected chi connectivity index (χ1v) is 10.5. The van der Waals surface area contributed by atoms with E-state index in [1.165, 1.54) is 16.9 Å². The second-order valence-electron chi connectivity index (χ2n) is 6.98. The molecule has 1 amide bonds. The van der Waals surface area contributed by atoms with Crippen LogP contribution in [-0.2, 0) is 16.1 Å². The van der Waals surface area contributed by atoms with Crippen LogP contribution in [0.25, 0.3) is 10.2 Å². The molecule has 0 aliphatic carbocycles. The van der Waals surface area contributed by atoms with Gasteiger partial charge in [0.2, 0.25) is 6.10 Å². The number of ether oxygens (including phenoxy) is 3. The van der Waals surface area contributed by atoms with Crippen molar-refractivity contribution >= 4 is 27.5 Å². The normalized spacial score (nSPS) is 16.4. The fourth-order valence-electron chi connectivity index (χ4n) is 3.49. The number of benzene rings is 2. The minimum Gasteiger partial charge on any atom is -0.485 e. The molecule has 0 unspecified atom stereocenters. The molecule has 0 saturated carbocycles. The zero-order valence-electron chi connectivity index (χ0n) is 16.8. The van der Waals surface area contributed by atoms with Gasteiger partial charge in [-0.1, -0.05) is 29.5 Å². The van der Waals surface area contributed by atoms with Gasteiger partial charge in [-0.2, -0.15) is 4.99 Å². The van der Waals surface area contributed by atoms with E-state index in [9.17, 15) is 4.79 Å². The van der Waals surface area contributed by atoms with E-state index in [0.717, 1.165) is 15.8 Å². The number of rotatable bonds is 5. The van der Waals surface area contributed by atoms with Gasteiger partial charge in [-0.3, -0.25) is 4.79 Å². The Labute approximate surface area is 173 Å². The quantitative estimate of drug-likeness (QED) is 0.601. The van der Waals surface area contributed by atoms with Crippen molar-refractivity contribution in [1.29, 1.82) is 0 Å². The first-order chi connectivity index (χ1) is 14.1. The SMILES string of the molecule is CCOCCn1c(=NC(=O)[C@H]2COc3ccccc3O2)sc2cc(C)cc(C)c21. The number of carbonyl (C=O) groups is 1. The van der Waals surface area contributed by atoms with Gasteiger partial charge in [0, 0.05) is 13.2 Å². The zero-order chi connectivity index (χ0) is 20.4. The molecule has 0 fully saturated rings. The highest BCUT2D eigenvalue weighted by molar-refractivity contribution is 7.16. The first-order valence-electron chi connectivity index (χ1n) is 9.72. The van der Waals surface area contributed by atoms with Crippen molar-refractivity contribution < 1.29 is 19.0 Å². The van der Waals surface area contributed by atoms with Crippen LogP contribution in [0.1, 0.15) is 18.1 Å². The van der Waals surface area contributed by atoms with Crippen molar-refractivity contribution in [3.63, 3.8) is 0 Å². The molecule has 2 heterocycles. The summed E-state index contributed by atoms with van der Waals surface area (Å²) < 4.78 is 20.2. The number of aryl methyl sites for hydroxylation is 2. The molecule has 1 aromatic heterocycles. The largest absolute Gasteiger partial charge is 0.485 e. The maximum absolute atomic E-state index is 12.9. The molecule has 6 nitrogen and oxygen atoms in total. The number of carbonyl (C=O) groups excluding carboxylic acids is 1. The van der Waals surface area contributed by atoms with Crippen LogP contribution in [0.2, 0.25) is 0 Å². The standard InChI is InChI=1S/C22H24N2O4S/c1-4-26-10-9-24-20-15(3)11-14(2)12-19(20)29-22(24)23-21(25)18-13-27-16-7-5-6-8-17(16)28-18/h5-8,11-12,18H,4,9-10,13H2,1-3H3/t18-/m1/s1. The van der Waals surface area contributed by atoms with Crippen LogP contribution in [0, 0.1) is 13.8 Å². The molecule has 1 aliphatic rings. The molecule has 2 aromatic carbocycles. The maximum Gasteiger partial charge on any atom is 0.292 e. The van der Waals surface area contributed by atoms with Gasteiger partial charge >= 0.3 is 0 Å². The summed E-state index contributed by atoms with van der Waals surface area (Å²) in [6.07, 6.45) is -0.752. The second-order valence-corrected chi connectivity index (χ2v) is 7.99. The molecule has 0 bridgehead atoms. The number of thiazole rings is 1. The van der Waals surface area contributed by atoms with Gasteiger partial charge in [0.1, 0.15) is 6.61 Å². The summed E-state index contributed by atoms with van der Waals surface area (Å²) in [5.74, 6) is 0.876. The predicted octanol–water partition coefficient (Wildman–Crippen LogP) is 3.62. The lowest BCUT2D eigenvalue weighted by Gasteiger charge is -2.23. The van der Waals surface area contributed by atoms with E-state index in [2.05, 4.69) is 35.5 Å². The molecule has 29 heavy (non-hydrogen) atoms. The van der Waals surface area contributed by atoms with Gasteiger partial charge in [0.15, 0.2) is 16.3 Å². The number of para-hydroxylation sites is 2. The van der Waals surface area contributed by atoms with Crippen molar-refractivity contribution in [2.45, 2.75) is 33.4 Å². The Morgan fingerprint density at radius 1 is 1.28 bits per heavy atom. The number of hydrogen-bond donors (Lipinski definition) is 0. The van der Waals surface area contributed by atoms with Crippen LogP contribution < -0.4 is 14.3 Å². The molecular weight excluding hydrogens is 388 g/mol. The molecule has 1 aliphatic heterocycles. The molecule has 0 spiro atoms. The van der Waals surface area contributed by atoms with Crippen molar-refractivity contribution in [2.75, 3.05) is 19.8 Å². The van der Waals surface area contributed by atoms with E-state index in [0.29, 0.717) is 36.1 Å². The average Bonchev–Trinajstić information content (AvgIpc) is 3.04. The van der Waals surface area contributed by atoms with Crippen LogP contribution in [0.15, 0.2) is 41.4 Å². The fourth-order valence-corrected chi connectivity index (χ4v) is 4.73. The highest BCUT2D eigenvalue weighted by atomic mass is 32.1. The monoisotopic (exact) mass is 412 g/mol. The van der Waals surface area contributed by atoms with Gasteiger partial charge in [0.05, 0.1) is 16.8 Å². The maximum atomic E-state index is 12.9. The van der Waals surface area contributed by atoms with Gasteiger partial charge < -0.3 is 18.8 Å². The summed E-state index contributed by atoms with van der Waals surface area (Å²) in [5.41, 5.74) is 3.44. The van der Waals surface area contributed by atoms with E-state index < -0.39 is 6.10 Å². The zero-order valence-corrected chi connectivity index (χ0v) is 17.6. The minimum atomic E-state index is -0.752. The third kappa shape index (κ3) is 4.06. The lowest BCUT2D eigenvalue weighted by molar-refractivity contribution is -0.127. The smallest absolute Gasteiger partial charge is 0.292 e. The topological polar surface area (TPSA) is 62.1 Å². The molecule has 0 N–H and O–H groups in total. The predicted molar refractivity (Wildman–Crippen MR) is 113 cm³/mol. The Bertz CT molecular complexity index is 1120. The van der Waals surface area contributed by atoms with E-state index >= 15 is 0 Å². The van der Waals surface area contributed by atoms with E-state index in [-0.39, 0.29) is 12.5 Å². The summed E-state index contributed by atoms with van der Waals surface area (Å²) in [4.78, 5) is 18.0. The molecule has 7 heteroatoms. The van der Waals surface area contributed by atoms with E-state index in [1.54, 1.807) is 6.07 Å². The van der Waals surface area contributed by atoms with Crippen molar-refractivity contribution in [3.05, 3.63) is 52.3 Å². The van der Waals surface area contributed by atoms with Crippen molar-refractivity contribution in [1.82, 2.24) is 4.57 Å². The summed E-state index contributed by atoms with van der Waals surface area (Å²) in [6.45, 7) is 8.13. The molecule has 152 valence electrons. The molecule has 0 radical (unpaired) electrons. The number of aromatic nitrogens is 1. The highest BCUT2D eigenvalue weighted by Gasteiger charge is 2.27. The highest BCUT2D eigenvalue weighted by Crippen LogP contribution is 2.31. The third-order valence-corrected chi connectivity index (χ3v) is 5.79. The molecule has 3 aromatic rings. The number of nitrogens with zero attached hydrogens (tertiary/aromatic N) is 2. The number of amides is 1. The van der Waals surface area contributed by atoms with Crippen LogP contribution in [0.4, 0.5) is 0 Å². The molecular formula is C22H24N2O4S. The van der Waals surface area contributed by atoms with E-state index in [4.69, 9.17) is 14.2 Å². The molecule has 0 saturated heterocycles. The third-order valence-electron chi connectivity index (χ3n) is 4.77. The van der Waals surface area contributed by atoms with Gasteiger partial charge in [-0.15, -0.1) is 0 Å². The molecule has 4 rings (SSSR count). The van der Waals surface area contributed by atoms with Crippen molar-refractivity contribution in [3.8, 4) is 11.5 Å². The minimum absolute atomic E-state index is 0.154. The Morgan fingerprint density at radius 3 is 2.86 bits per heavy atom. The summed E-state index contributed by atoms with van der Waals surface area (Å²) >= 11 is 1.51. The summed E-state index contributed by atoms with van der Waals surface area (Å²) in [7, 11) is 0. The second kappa shape index (κ2) is 8.39. The Balaban J connectivity index is 1.70. The van der Waals surface area contributed by atoms with Crippen LogP contribution >= 0.6 is 11.3 Å². The Hall–Kier alpha value is -2.64. The van der Waals surface area contributed by atoms with Gasteiger partial charge in [0.25, 0.3) is 5.91 Å². The lowest BCUT2D eigenvalue weighted by Crippen LogP contribution is -2.37.